The summed E-state index contributed by atoms with van der Waals surface area (Å²) in [5, 5.41) is 4.26. The summed E-state index contributed by atoms with van der Waals surface area (Å²) in [5.41, 5.74) is 11.9. The fourth-order valence-electron chi connectivity index (χ4n) is 8.72. The van der Waals surface area contributed by atoms with Gasteiger partial charge < -0.3 is 0 Å². The lowest BCUT2D eigenvalue weighted by molar-refractivity contribution is 0.687. The average molecular weight is 971 g/mol. The van der Waals surface area contributed by atoms with Gasteiger partial charge in [-0.1, -0.05) is 194 Å². The summed E-state index contributed by atoms with van der Waals surface area (Å²) in [7, 11) is 0. The van der Waals surface area contributed by atoms with E-state index in [1.807, 2.05) is 22.7 Å². The van der Waals surface area contributed by atoms with Crippen molar-refractivity contribution in [2.24, 2.45) is 0 Å². The SMILES string of the molecule is C(=C\c1ccc(-c2cccs2)s1)/c1ccc(-c2nc(-c3ccccc3)c(-c3ccccc3)n2-n2c(-c3ccc(/C=C/c4ccc(-c5cccs5)s4)cc3)nc(-c3ccccc3)c2-c2ccccc2)cc1. The van der Waals surface area contributed by atoms with Crippen molar-refractivity contribution in [2.45, 2.75) is 0 Å². The van der Waals surface area contributed by atoms with Crippen molar-refractivity contribution in [2.75, 3.05) is 0 Å². The molecule has 12 aromatic rings. The highest BCUT2D eigenvalue weighted by atomic mass is 32.1. The van der Waals surface area contributed by atoms with Crippen molar-refractivity contribution in [1.82, 2.24) is 19.3 Å². The van der Waals surface area contributed by atoms with E-state index < -0.39 is 0 Å². The number of benzene rings is 6. The zero-order valence-electron chi connectivity index (χ0n) is 37.7. The zero-order valence-corrected chi connectivity index (χ0v) is 40.9. The van der Waals surface area contributed by atoms with Crippen LogP contribution in [0.1, 0.15) is 20.9 Å². The van der Waals surface area contributed by atoms with Crippen molar-refractivity contribution in [1.29, 1.82) is 0 Å². The Morgan fingerprint density at radius 3 is 1.03 bits per heavy atom. The first-order valence-electron chi connectivity index (χ1n) is 23.0. The fraction of sp³-hybridized carbons (Fsp3) is 0. The molecular formula is C62H42N4S4. The highest BCUT2D eigenvalue weighted by Gasteiger charge is 2.29. The molecule has 0 amide bonds. The molecule has 6 aromatic heterocycles. The standard InChI is InChI=1S/C62H42N4S4/c1-5-15-45(16-6-1)57-59(47-19-9-3-10-20-47)65(61(63-57)49-31-25-43(26-32-49)29-35-51-37-39-55(69-51)53-23-13-41-67-53)66-60(48-21-11-4-12-22-48)58(46-17-7-2-8-18-46)64-62(66)50-33-27-44(28-34-50)30-36-52-38-40-56(70-52)54-24-14-42-68-54/h1-42H/b35-29+,36-30+. The number of thiophene rings is 4. The van der Waals surface area contributed by atoms with Gasteiger partial charge in [0.1, 0.15) is 0 Å². The van der Waals surface area contributed by atoms with E-state index in [2.05, 4.69) is 263 Å². The number of hydrogen-bond acceptors (Lipinski definition) is 6. The summed E-state index contributed by atoms with van der Waals surface area (Å²) in [5.74, 6) is 1.58. The zero-order chi connectivity index (χ0) is 46.6. The van der Waals surface area contributed by atoms with Gasteiger partial charge in [0.15, 0.2) is 11.6 Å². The van der Waals surface area contributed by atoms with E-state index >= 15 is 0 Å². The highest BCUT2D eigenvalue weighted by molar-refractivity contribution is 7.22. The van der Waals surface area contributed by atoms with Gasteiger partial charge in [-0.15, -0.1) is 45.3 Å². The third kappa shape index (κ3) is 8.81. The molecule has 0 aliphatic rings. The molecule has 8 heteroatoms. The molecule has 4 nitrogen and oxygen atoms in total. The Bertz CT molecular complexity index is 3460. The van der Waals surface area contributed by atoms with Gasteiger partial charge in [-0.05, 0) is 70.4 Å². The molecule has 334 valence electrons. The number of rotatable bonds is 13. The van der Waals surface area contributed by atoms with Crippen LogP contribution in [0.5, 0.6) is 0 Å². The normalized spacial score (nSPS) is 11.6. The topological polar surface area (TPSA) is 35.6 Å². The summed E-state index contributed by atoms with van der Waals surface area (Å²) in [6.07, 6.45) is 8.80. The summed E-state index contributed by atoms with van der Waals surface area (Å²) < 4.78 is 4.63. The Labute approximate surface area is 423 Å². The van der Waals surface area contributed by atoms with Crippen LogP contribution in [0.25, 0.3) is 112 Å². The van der Waals surface area contributed by atoms with Gasteiger partial charge in [-0.2, -0.15) is 0 Å². The monoisotopic (exact) mass is 970 g/mol. The molecule has 0 unspecified atom stereocenters. The van der Waals surface area contributed by atoms with Crippen LogP contribution in [-0.4, -0.2) is 19.3 Å². The maximum absolute atomic E-state index is 5.68. The molecule has 0 saturated heterocycles. The Morgan fingerprint density at radius 1 is 0.300 bits per heavy atom. The van der Waals surface area contributed by atoms with Gasteiger partial charge in [0, 0.05) is 62.6 Å². The van der Waals surface area contributed by atoms with E-state index in [1.165, 1.54) is 29.3 Å². The van der Waals surface area contributed by atoms with E-state index in [1.54, 1.807) is 22.7 Å². The van der Waals surface area contributed by atoms with Gasteiger partial charge in [0.2, 0.25) is 0 Å². The maximum Gasteiger partial charge on any atom is 0.160 e. The van der Waals surface area contributed by atoms with Crippen LogP contribution in [-0.2, 0) is 0 Å². The molecule has 0 saturated carbocycles. The van der Waals surface area contributed by atoms with E-state index in [-0.39, 0.29) is 0 Å². The summed E-state index contributed by atoms with van der Waals surface area (Å²) in [4.78, 5) is 19.0. The lowest BCUT2D eigenvalue weighted by Crippen LogP contribution is -2.16. The second-order valence-corrected chi connectivity index (χ2v) is 20.7. The van der Waals surface area contributed by atoms with Gasteiger partial charge in [0.05, 0.1) is 22.8 Å². The molecule has 0 bridgehead atoms. The maximum atomic E-state index is 5.68. The smallest absolute Gasteiger partial charge is 0.160 e. The minimum absolute atomic E-state index is 0.792. The van der Waals surface area contributed by atoms with Crippen molar-refractivity contribution < 1.29 is 0 Å². The van der Waals surface area contributed by atoms with E-state index in [0.29, 0.717) is 0 Å². The number of imidazole rings is 2. The summed E-state index contributed by atoms with van der Waals surface area (Å²) in [6.45, 7) is 0. The van der Waals surface area contributed by atoms with E-state index in [0.717, 1.165) is 78.9 Å². The molecule has 0 aliphatic carbocycles. The minimum atomic E-state index is 0.792. The summed E-state index contributed by atoms with van der Waals surface area (Å²) in [6, 6.07) is 77.3. The van der Waals surface area contributed by atoms with Crippen LogP contribution in [0.3, 0.4) is 0 Å². The molecule has 0 aliphatic heterocycles. The fourth-order valence-corrected chi connectivity index (χ4v) is 12.2. The Morgan fingerprint density at radius 2 is 0.671 bits per heavy atom. The van der Waals surface area contributed by atoms with Crippen LogP contribution < -0.4 is 0 Å². The first-order valence-corrected chi connectivity index (χ1v) is 26.4. The first-order chi connectivity index (χ1) is 34.7. The Kier molecular flexibility index (Phi) is 12.1. The average Bonchev–Trinajstić information content (AvgIpc) is 4.30. The largest absolute Gasteiger partial charge is 0.226 e. The van der Waals surface area contributed by atoms with E-state index in [9.17, 15) is 0 Å². The van der Waals surface area contributed by atoms with Crippen LogP contribution in [0.4, 0.5) is 0 Å². The van der Waals surface area contributed by atoms with E-state index in [4.69, 9.17) is 9.97 Å². The predicted molar refractivity (Wildman–Crippen MR) is 301 cm³/mol. The van der Waals surface area contributed by atoms with Crippen LogP contribution in [0, 0.1) is 0 Å². The van der Waals surface area contributed by atoms with Crippen molar-refractivity contribution >= 4 is 69.7 Å². The van der Waals surface area contributed by atoms with Gasteiger partial charge in [0.25, 0.3) is 0 Å². The second-order valence-electron chi connectivity index (χ2n) is 16.6. The van der Waals surface area contributed by atoms with Gasteiger partial charge in [-0.25, -0.2) is 19.3 Å². The lowest BCUT2D eigenvalue weighted by Gasteiger charge is -2.20. The van der Waals surface area contributed by atoms with Crippen molar-refractivity contribution in [3.05, 3.63) is 250 Å². The third-order valence-electron chi connectivity index (χ3n) is 12.1. The molecule has 0 radical (unpaired) electrons. The van der Waals surface area contributed by atoms with Crippen LogP contribution in [0.2, 0.25) is 0 Å². The van der Waals surface area contributed by atoms with Crippen molar-refractivity contribution in [3.63, 3.8) is 0 Å². The van der Waals surface area contributed by atoms with Gasteiger partial charge in [-0.3, -0.25) is 0 Å². The molecule has 0 atom stereocenters. The molecule has 70 heavy (non-hydrogen) atoms. The Balaban J connectivity index is 1.05. The molecule has 0 fully saturated rings. The van der Waals surface area contributed by atoms with Crippen molar-refractivity contribution in [3.8, 4) is 87.3 Å². The second kappa shape index (κ2) is 19.6. The highest BCUT2D eigenvalue weighted by Crippen LogP contribution is 2.43. The van der Waals surface area contributed by atoms with Gasteiger partial charge >= 0.3 is 0 Å². The Hall–Kier alpha value is -7.98. The number of aromatic nitrogens is 4. The molecule has 12 rings (SSSR count). The number of hydrogen-bond donors (Lipinski definition) is 0. The number of nitrogens with zero attached hydrogens (tertiary/aromatic N) is 4. The molecular weight excluding hydrogens is 929 g/mol. The first kappa shape index (κ1) is 43.3. The predicted octanol–water partition coefficient (Wildman–Crippen LogP) is 18.3. The molecule has 6 heterocycles. The van der Waals surface area contributed by atoms with Crippen LogP contribution in [0.15, 0.2) is 229 Å². The molecule has 0 spiro atoms. The molecule has 0 N–H and O–H groups in total. The minimum Gasteiger partial charge on any atom is -0.226 e. The summed E-state index contributed by atoms with van der Waals surface area (Å²) >= 11 is 7.17. The molecule has 6 aromatic carbocycles. The van der Waals surface area contributed by atoms with Crippen LogP contribution >= 0.6 is 45.3 Å². The lowest BCUT2D eigenvalue weighted by atomic mass is 10.0. The quantitative estimate of drug-likeness (QED) is 0.115. The third-order valence-corrected chi connectivity index (χ3v) is 16.3.